The first-order chi connectivity index (χ1) is 14.7. The zero-order valence-corrected chi connectivity index (χ0v) is 17.8. The molecule has 156 valence electrons. The average Bonchev–Trinajstić information content (AvgIpc) is 3.28. The summed E-state index contributed by atoms with van der Waals surface area (Å²) in [4.78, 5) is 12.1. The molecule has 2 aliphatic heterocycles. The summed E-state index contributed by atoms with van der Waals surface area (Å²) in [7, 11) is 4.28. The number of hydrogen-bond acceptors (Lipinski definition) is 5. The van der Waals surface area contributed by atoms with E-state index in [0.29, 0.717) is 0 Å². The van der Waals surface area contributed by atoms with Crippen LogP contribution in [-0.4, -0.2) is 72.7 Å². The van der Waals surface area contributed by atoms with Gasteiger partial charge in [0.25, 0.3) is 0 Å². The normalized spacial score (nSPS) is 18.8. The SMILES string of the molecule is CN(C)CCN1CCN(c2ncccc2C2Nc3ccccc3-n3cccc32)CC1. The number of pyridine rings is 1. The van der Waals surface area contributed by atoms with E-state index in [9.17, 15) is 0 Å². The molecule has 0 spiro atoms. The van der Waals surface area contributed by atoms with Gasteiger partial charge < -0.3 is 19.7 Å². The highest BCUT2D eigenvalue weighted by Crippen LogP contribution is 2.39. The van der Waals surface area contributed by atoms with E-state index in [1.165, 1.54) is 16.9 Å². The lowest BCUT2D eigenvalue weighted by Gasteiger charge is -2.38. The number of likely N-dealkylation sites (N-methyl/N-ethyl adjacent to an activating group) is 1. The van der Waals surface area contributed by atoms with Crippen molar-refractivity contribution in [3.63, 3.8) is 0 Å². The van der Waals surface area contributed by atoms with Gasteiger partial charge in [0.05, 0.1) is 17.4 Å². The number of hydrogen-bond donors (Lipinski definition) is 1. The number of aromatic nitrogens is 2. The minimum absolute atomic E-state index is 0.0883. The van der Waals surface area contributed by atoms with E-state index in [0.717, 1.165) is 50.8 Å². The molecule has 0 bridgehead atoms. The van der Waals surface area contributed by atoms with E-state index in [4.69, 9.17) is 4.98 Å². The molecule has 0 aliphatic carbocycles. The van der Waals surface area contributed by atoms with Crippen LogP contribution in [0.1, 0.15) is 17.3 Å². The van der Waals surface area contributed by atoms with Crippen molar-refractivity contribution >= 4 is 11.5 Å². The third-order valence-electron chi connectivity index (χ3n) is 6.20. The second-order valence-electron chi connectivity index (χ2n) is 8.45. The van der Waals surface area contributed by atoms with Crippen LogP contribution in [0.15, 0.2) is 60.9 Å². The summed E-state index contributed by atoms with van der Waals surface area (Å²) in [5.41, 5.74) is 4.87. The minimum Gasteiger partial charge on any atom is -0.371 e. The average molecular weight is 403 g/mol. The summed E-state index contributed by atoms with van der Waals surface area (Å²) in [6.45, 7) is 6.44. The van der Waals surface area contributed by atoms with E-state index < -0.39 is 0 Å². The first kappa shape index (κ1) is 19.2. The third-order valence-corrected chi connectivity index (χ3v) is 6.20. The summed E-state index contributed by atoms with van der Waals surface area (Å²) in [6, 6.07) is 17.2. The standard InChI is InChI=1S/C24H30N6/c1-27(2)13-14-28-15-17-29(18-16-28)24-19(7-5-11-25-24)23-22-10-6-12-30(22)21-9-4-3-8-20(21)26-23/h3-12,23,26H,13-18H2,1-2H3. The van der Waals surface area contributed by atoms with Crippen molar-refractivity contribution < 1.29 is 0 Å². The van der Waals surface area contributed by atoms with Gasteiger partial charge in [-0.25, -0.2) is 4.98 Å². The van der Waals surface area contributed by atoms with Crippen molar-refractivity contribution in [2.24, 2.45) is 0 Å². The Morgan fingerprint density at radius 2 is 1.83 bits per heavy atom. The van der Waals surface area contributed by atoms with Crippen molar-refractivity contribution in [2.45, 2.75) is 6.04 Å². The Bertz CT molecular complexity index is 1000. The van der Waals surface area contributed by atoms with Gasteiger partial charge in [-0.3, -0.25) is 4.90 Å². The topological polar surface area (TPSA) is 39.6 Å². The van der Waals surface area contributed by atoms with Gasteiger partial charge in [-0.15, -0.1) is 0 Å². The third kappa shape index (κ3) is 3.57. The van der Waals surface area contributed by atoms with Crippen LogP contribution in [0.5, 0.6) is 0 Å². The second-order valence-corrected chi connectivity index (χ2v) is 8.45. The molecule has 3 aromatic rings. The maximum atomic E-state index is 4.84. The molecular formula is C24H30N6. The summed E-state index contributed by atoms with van der Waals surface area (Å²) >= 11 is 0. The Morgan fingerprint density at radius 3 is 2.67 bits per heavy atom. The summed E-state index contributed by atoms with van der Waals surface area (Å²) < 4.78 is 2.30. The van der Waals surface area contributed by atoms with Crippen LogP contribution in [0, 0.1) is 0 Å². The highest BCUT2D eigenvalue weighted by molar-refractivity contribution is 5.68. The first-order valence-corrected chi connectivity index (χ1v) is 10.8. The highest BCUT2D eigenvalue weighted by Gasteiger charge is 2.29. The number of anilines is 2. The number of piperazine rings is 1. The fraction of sp³-hybridized carbons (Fsp3) is 0.375. The molecule has 6 heteroatoms. The molecule has 6 nitrogen and oxygen atoms in total. The molecule has 0 radical (unpaired) electrons. The Balaban J connectivity index is 1.41. The summed E-state index contributed by atoms with van der Waals surface area (Å²) in [6.07, 6.45) is 4.08. The number of para-hydroxylation sites is 2. The van der Waals surface area contributed by atoms with Crippen molar-refractivity contribution in [2.75, 3.05) is 63.6 Å². The first-order valence-electron chi connectivity index (χ1n) is 10.8. The Kier molecular flexibility index (Phi) is 5.19. The summed E-state index contributed by atoms with van der Waals surface area (Å²) in [5.74, 6) is 1.11. The van der Waals surface area contributed by atoms with Gasteiger partial charge in [0.15, 0.2) is 0 Å². The van der Waals surface area contributed by atoms with Crippen LogP contribution in [-0.2, 0) is 0 Å². The number of fused-ring (bicyclic) bond motifs is 3. The molecule has 4 heterocycles. The molecule has 1 aromatic carbocycles. The van der Waals surface area contributed by atoms with Crippen molar-refractivity contribution in [3.8, 4) is 5.69 Å². The predicted octanol–water partition coefficient (Wildman–Crippen LogP) is 3.07. The lowest BCUT2D eigenvalue weighted by atomic mass is 10.0. The lowest BCUT2D eigenvalue weighted by molar-refractivity contribution is 0.229. The van der Waals surface area contributed by atoms with Crippen molar-refractivity contribution in [3.05, 3.63) is 72.2 Å². The van der Waals surface area contributed by atoms with Crippen LogP contribution in [0.3, 0.4) is 0 Å². The van der Waals surface area contributed by atoms with Crippen LogP contribution in [0.2, 0.25) is 0 Å². The largest absolute Gasteiger partial charge is 0.371 e. The zero-order chi connectivity index (χ0) is 20.5. The van der Waals surface area contributed by atoms with E-state index in [2.05, 4.69) is 93.4 Å². The molecule has 5 rings (SSSR count). The van der Waals surface area contributed by atoms with Gasteiger partial charge in [0, 0.05) is 62.9 Å². The molecule has 2 aromatic heterocycles. The molecule has 0 amide bonds. The van der Waals surface area contributed by atoms with Crippen molar-refractivity contribution in [1.29, 1.82) is 0 Å². The molecule has 1 fully saturated rings. The van der Waals surface area contributed by atoms with Crippen LogP contribution in [0.25, 0.3) is 5.69 Å². The van der Waals surface area contributed by atoms with Gasteiger partial charge in [0.1, 0.15) is 5.82 Å². The Hall–Kier alpha value is -2.83. The van der Waals surface area contributed by atoms with E-state index in [1.807, 2.05) is 6.20 Å². The smallest absolute Gasteiger partial charge is 0.134 e. The minimum atomic E-state index is 0.0883. The van der Waals surface area contributed by atoms with E-state index in [-0.39, 0.29) is 6.04 Å². The summed E-state index contributed by atoms with van der Waals surface area (Å²) in [5, 5.41) is 3.77. The molecule has 0 saturated carbocycles. The van der Waals surface area contributed by atoms with Gasteiger partial charge in [-0.05, 0) is 44.4 Å². The predicted molar refractivity (Wildman–Crippen MR) is 123 cm³/mol. The van der Waals surface area contributed by atoms with Gasteiger partial charge in [0.2, 0.25) is 0 Å². The fourth-order valence-corrected chi connectivity index (χ4v) is 4.54. The van der Waals surface area contributed by atoms with E-state index >= 15 is 0 Å². The Morgan fingerprint density at radius 1 is 1.00 bits per heavy atom. The van der Waals surface area contributed by atoms with Gasteiger partial charge in [-0.2, -0.15) is 0 Å². The Labute approximate surface area is 178 Å². The molecule has 2 aliphatic rings. The lowest BCUT2D eigenvalue weighted by Crippen LogP contribution is -2.48. The zero-order valence-electron chi connectivity index (χ0n) is 17.8. The van der Waals surface area contributed by atoms with Crippen LogP contribution >= 0.6 is 0 Å². The quantitative estimate of drug-likeness (QED) is 0.710. The van der Waals surface area contributed by atoms with Gasteiger partial charge >= 0.3 is 0 Å². The van der Waals surface area contributed by atoms with E-state index in [1.54, 1.807) is 0 Å². The number of nitrogens with zero attached hydrogens (tertiary/aromatic N) is 5. The highest BCUT2D eigenvalue weighted by atomic mass is 15.3. The van der Waals surface area contributed by atoms with Crippen molar-refractivity contribution in [1.82, 2.24) is 19.4 Å². The molecular weight excluding hydrogens is 372 g/mol. The van der Waals surface area contributed by atoms with Gasteiger partial charge in [-0.1, -0.05) is 18.2 Å². The molecule has 1 saturated heterocycles. The number of nitrogens with one attached hydrogen (secondary N) is 1. The maximum Gasteiger partial charge on any atom is 0.134 e. The number of rotatable bonds is 5. The molecule has 1 N–H and O–H groups in total. The molecule has 1 atom stereocenters. The van der Waals surface area contributed by atoms with Crippen LogP contribution in [0.4, 0.5) is 11.5 Å². The number of benzene rings is 1. The molecule has 1 unspecified atom stereocenters. The van der Waals surface area contributed by atoms with Crippen LogP contribution < -0.4 is 10.2 Å². The second kappa shape index (κ2) is 8.13. The molecule has 30 heavy (non-hydrogen) atoms. The fourth-order valence-electron chi connectivity index (χ4n) is 4.54. The maximum absolute atomic E-state index is 4.84. The monoisotopic (exact) mass is 402 g/mol.